The van der Waals surface area contributed by atoms with Crippen LogP contribution in [0.3, 0.4) is 0 Å². The van der Waals surface area contributed by atoms with Gasteiger partial charge in [0, 0.05) is 38.9 Å². The Morgan fingerprint density at radius 1 is 1.24 bits per heavy atom. The number of piperidine rings is 1. The third kappa shape index (κ3) is 5.96. The summed E-state index contributed by atoms with van der Waals surface area (Å²) in [5.74, 6) is 1.98. The maximum Gasteiger partial charge on any atom is 0.194 e. The predicted molar refractivity (Wildman–Crippen MR) is 130 cm³/mol. The van der Waals surface area contributed by atoms with Gasteiger partial charge in [-0.25, -0.2) is 18.4 Å². The highest BCUT2D eigenvalue weighted by molar-refractivity contribution is 14.0. The molecule has 2 aliphatic rings. The number of anilines is 1. The van der Waals surface area contributed by atoms with Crippen molar-refractivity contribution in [1.29, 1.82) is 0 Å². The maximum atomic E-state index is 12.3. The molecule has 0 spiro atoms. The summed E-state index contributed by atoms with van der Waals surface area (Å²) in [6.45, 7) is 10.00. The summed E-state index contributed by atoms with van der Waals surface area (Å²) in [5.41, 5.74) is 1.12. The Morgan fingerprint density at radius 2 is 1.97 bits per heavy atom. The van der Waals surface area contributed by atoms with Crippen molar-refractivity contribution in [3.63, 3.8) is 0 Å². The molecule has 0 unspecified atom stereocenters. The van der Waals surface area contributed by atoms with Crippen molar-refractivity contribution in [3.8, 4) is 0 Å². The first-order valence-corrected chi connectivity index (χ1v) is 11.9. The fraction of sp³-hybridized carbons (Fsp3) is 0.700. The Morgan fingerprint density at radius 3 is 2.62 bits per heavy atom. The number of hydrogen-bond donors (Lipinski definition) is 1. The quantitative estimate of drug-likeness (QED) is 0.363. The number of nitrogens with zero attached hydrogens (tertiary/aromatic N) is 4. The zero-order valence-electron chi connectivity index (χ0n) is 17.7. The molecule has 0 amide bonds. The fourth-order valence-electron chi connectivity index (χ4n) is 3.77. The van der Waals surface area contributed by atoms with E-state index in [1.807, 2.05) is 19.2 Å². The van der Waals surface area contributed by atoms with Gasteiger partial charge in [-0.15, -0.1) is 24.0 Å². The average Bonchev–Trinajstić information content (AvgIpc) is 2.68. The minimum atomic E-state index is -3.07. The van der Waals surface area contributed by atoms with Crippen LogP contribution in [0.25, 0.3) is 0 Å². The van der Waals surface area contributed by atoms with Crippen LogP contribution < -0.4 is 10.2 Å². The summed E-state index contributed by atoms with van der Waals surface area (Å²) in [6.07, 6.45) is 5.61. The summed E-state index contributed by atoms with van der Waals surface area (Å²) < 4.78 is 23.8. The minimum Gasteiger partial charge on any atom is -0.357 e. The molecule has 0 saturated carbocycles. The van der Waals surface area contributed by atoms with E-state index in [-0.39, 0.29) is 29.7 Å². The monoisotopic (exact) mass is 535 g/mol. The number of aliphatic imine (C=N–C) groups is 1. The number of aromatic nitrogens is 1. The molecule has 9 heteroatoms. The number of nitrogens with one attached hydrogen (secondary N) is 1. The van der Waals surface area contributed by atoms with Gasteiger partial charge in [0.25, 0.3) is 0 Å². The SMILES string of the molecule is CCNC(=NCc1ccnc(N2CCCCC2)c1)N1CCS(=O)(=O)C(C)(C)C1.I. The van der Waals surface area contributed by atoms with Gasteiger partial charge in [-0.3, -0.25) is 0 Å². The number of halogens is 1. The standard InChI is InChI=1S/C20H33N5O2S.HI/c1-4-21-19(25-12-13-28(26,27)20(2,3)16-25)23-15-17-8-9-22-18(14-17)24-10-6-5-7-11-24;/h8-9,14H,4-7,10-13,15-16H2,1-3H3,(H,21,23);1H. The van der Waals surface area contributed by atoms with Crippen molar-refractivity contribution < 1.29 is 8.42 Å². The molecule has 2 aliphatic heterocycles. The smallest absolute Gasteiger partial charge is 0.194 e. The number of pyridine rings is 1. The van der Waals surface area contributed by atoms with Crippen molar-refractivity contribution >= 4 is 45.6 Å². The van der Waals surface area contributed by atoms with Gasteiger partial charge in [0.2, 0.25) is 0 Å². The van der Waals surface area contributed by atoms with Crippen molar-refractivity contribution in [3.05, 3.63) is 23.9 Å². The Kier molecular flexibility index (Phi) is 8.57. The van der Waals surface area contributed by atoms with Crippen LogP contribution in [0.2, 0.25) is 0 Å². The largest absolute Gasteiger partial charge is 0.357 e. The molecule has 2 saturated heterocycles. The second-order valence-corrected chi connectivity index (χ2v) is 11.0. The van der Waals surface area contributed by atoms with Gasteiger partial charge >= 0.3 is 0 Å². The number of guanidine groups is 1. The van der Waals surface area contributed by atoms with Crippen LogP contribution in [-0.4, -0.2) is 67.5 Å². The molecule has 164 valence electrons. The Balaban J connectivity index is 0.00000300. The second-order valence-electron chi connectivity index (χ2n) is 8.24. The van der Waals surface area contributed by atoms with Crippen molar-refractivity contribution in [2.75, 3.05) is 43.4 Å². The first-order valence-electron chi connectivity index (χ1n) is 10.3. The summed E-state index contributed by atoms with van der Waals surface area (Å²) in [4.78, 5) is 13.7. The van der Waals surface area contributed by atoms with E-state index in [0.29, 0.717) is 19.6 Å². The van der Waals surface area contributed by atoms with Crippen molar-refractivity contribution in [1.82, 2.24) is 15.2 Å². The van der Waals surface area contributed by atoms with Gasteiger partial charge in [0.05, 0.1) is 17.0 Å². The average molecular weight is 535 g/mol. The molecule has 0 aromatic carbocycles. The molecule has 3 rings (SSSR count). The zero-order valence-corrected chi connectivity index (χ0v) is 20.9. The number of hydrogen-bond acceptors (Lipinski definition) is 5. The molecule has 1 aromatic rings. The van der Waals surface area contributed by atoms with Gasteiger partial charge in [0.1, 0.15) is 5.82 Å². The van der Waals surface area contributed by atoms with Gasteiger partial charge < -0.3 is 15.1 Å². The molecule has 7 nitrogen and oxygen atoms in total. The number of rotatable bonds is 4. The molecule has 2 fully saturated rings. The van der Waals surface area contributed by atoms with E-state index >= 15 is 0 Å². The van der Waals surface area contributed by atoms with Crippen LogP contribution in [-0.2, 0) is 16.4 Å². The lowest BCUT2D eigenvalue weighted by Gasteiger charge is -2.39. The maximum absolute atomic E-state index is 12.3. The lowest BCUT2D eigenvalue weighted by Crippen LogP contribution is -2.57. The van der Waals surface area contributed by atoms with Gasteiger partial charge in [-0.1, -0.05) is 0 Å². The van der Waals surface area contributed by atoms with E-state index in [1.165, 1.54) is 19.3 Å². The van der Waals surface area contributed by atoms with E-state index < -0.39 is 14.6 Å². The molecule has 29 heavy (non-hydrogen) atoms. The van der Waals surface area contributed by atoms with E-state index in [4.69, 9.17) is 4.99 Å². The molecule has 3 heterocycles. The van der Waals surface area contributed by atoms with Gasteiger partial charge in [0.15, 0.2) is 15.8 Å². The molecule has 1 N–H and O–H groups in total. The molecule has 1 aromatic heterocycles. The molecule has 0 bridgehead atoms. The predicted octanol–water partition coefficient (Wildman–Crippen LogP) is 2.66. The van der Waals surface area contributed by atoms with E-state index in [1.54, 1.807) is 13.8 Å². The third-order valence-corrected chi connectivity index (χ3v) is 8.11. The van der Waals surface area contributed by atoms with Crippen LogP contribution in [0.5, 0.6) is 0 Å². The molecule has 0 atom stereocenters. The highest BCUT2D eigenvalue weighted by Gasteiger charge is 2.40. The Hall–Kier alpha value is -1.10. The molecular formula is C20H34IN5O2S. The Labute approximate surface area is 192 Å². The molecule has 0 aliphatic carbocycles. The van der Waals surface area contributed by atoms with Crippen LogP contribution >= 0.6 is 24.0 Å². The van der Waals surface area contributed by atoms with Crippen molar-refractivity contribution in [2.24, 2.45) is 4.99 Å². The summed E-state index contributed by atoms with van der Waals surface area (Å²) in [6, 6.07) is 4.13. The highest BCUT2D eigenvalue weighted by atomic mass is 127. The van der Waals surface area contributed by atoms with E-state index in [2.05, 4.69) is 26.2 Å². The highest BCUT2D eigenvalue weighted by Crippen LogP contribution is 2.24. The first kappa shape index (κ1) is 24.2. The summed E-state index contributed by atoms with van der Waals surface area (Å²) in [5, 5.41) is 3.32. The Bertz CT molecular complexity index is 807. The van der Waals surface area contributed by atoms with E-state index in [9.17, 15) is 8.42 Å². The van der Waals surface area contributed by atoms with Crippen LogP contribution in [0.1, 0.15) is 45.6 Å². The lowest BCUT2D eigenvalue weighted by atomic mass is 10.1. The topological polar surface area (TPSA) is 77.9 Å². The first-order chi connectivity index (χ1) is 13.3. The van der Waals surface area contributed by atoms with Crippen LogP contribution in [0.4, 0.5) is 5.82 Å². The second kappa shape index (κ2) is 10.3. The third-order valence-electron chi connectivity index (χ3n) is 5.58. The van der Waals surface area contributed by atoms with E-state index in [0.717, 1.165) is 37.0 Å². The van der Waals surface area contributed by atoms with Crippen LogP contribution in [0, 0.1) is 0 Å². The lowest BCUT2D eigenvalue weighted by molar-refractivity contribution is 0.353. The summed E-state index contributed by atoms with van der Waals surface area (Å²) in [7, 11) is -3.07. The number of sulfone groups is 1. The van der Waals surface area contributed by atoms with Crippen LogP contribution in [0.15, 0.2) is 23.3 Å². The molecule has 0 radical (unpaired) electrons. The normalized spacial score (nSPS) is 21.4. The van der Waals surface area contributed by atoms with Gasteiger partial charge in [-0.2, -0.15) is 0 Å². The van der Waals surface area contributed by atoms with Crippen molar-refractivity contribution in [2.45, 2.75) is 51.3 Å². The van der Waals surface area contributed by atoms with Gasteiger partial charge in [-0.05, 0) is 57.7 Å². The summed E-state index contributed by atoms with van der Waals surface area (Å²) >= 11 is 0. The zero-order chi connectivity index (χ0) is 20.2. The minimum absolute atomic E-state index is 0. The fourth-order valence-corrected chi connectivity index (χ4v) is 5.14. The molecular weight excluding hydrogens is 501 g/mol.